The molecule has 0 spiro atoms. The SMILES string of the molecule is CC[Si](CC)(CC)Oc1ccc(C=O)cc1. The van der Waals surface area contributed by atoms with Gasteiger partial charge >= 0.3 is 0 Å². The van der Waals surface area contributed by atoms with Gasteiger partial charge in [-0.15, -0.1) is 0 Å². The second-order valence-corrected chi connectivity index (χ2v) is 8.72. The molecule has 0 amide bonds. The van der Waals surface area contributed by atoms with Crippen LogP contribution in [0.5, 0.6) is 5.75 Å². The van der Waals surface area contributed by atoms with Gasteiger partial charge in [0.2, 0.25) is 8.32 Å². The standard InChI is InChI=1S/C13H20O2Si/c1-4-16(5-2,6-3)15-13-9-7-12(11-14)8-10-13/h7-11H,4-6H2,1-3H3. The van der Waals surface area contributed by atoms with Crippen molar-refractivity contribution in [2.45, 2.75) is 38.9 Å². The monoisotopic (exact) mass is 236 g/mol. The maximum atomic E-state index is 10.5. The van der Waals surface area contributed by atoms with E-state index < -0.39 is 8.32 Å². The third-order valence-corrected chi connectivity index (χ3v) is 7.82. The summed E-state index contributed by atoms with van der Waals surface area (Å²) in [6.07, 6.45) is 0.855. The van der Waals surface area contributed by atoms with Gasteiger partial charge in [-0.3, -0.25) is 4.79 Å². The molecule has 0 N–H and O–H groups in total. The molecule has 0 aromatic heterocycles. The normalized spacial score (nSPS) is 11.2. The van der Waals surface area contributed by atoms with Crippen molar-refractivity contribution in [2.24, 2.45) is 0 Å². The molecule has 0 aliphatic carbocycles. The summed E-state index contributed by atoms with van der Waals surface area (Å²) in [5.41, 5.74) is 0.698. The van der Waals surface area contributed by atoms with Crippen molar-refractivity contribution in [3.05, 3.63) is 29.8 Å². The second-order valence-electron chi connectivity index (χ2n) is 4.03. The number of carbonyl (C=O) groups excluding carboxylic acids is 1. The molecule has 88 valence electrons. The minimum atomic E-state index is -1.57. The average Bonchev–Trinajstić information content (AvgIpc) is 2.37. The summed E-state index contributed by atoms with van der Waals surface area (Å²) in [6, 6.07) is 10.8. The van der Waals surface area contributed by atoms with Crippen LogP contribution in [-0.4, -0.2) is 14.6 Å². The minimum Gasteiger partial charge on any atom is -0.544 e. The van der Waals surface area contributed by atoms with E-state index in [4.69, 9.17) is 4.43 Å². The van der Waals surface area contributed by atoms with Gasteiger partial charge in [0.25, 0.3) is 0 Å². The van der Waals surface area contributed by atoms with E-state index >= 15 is 0 Å². The maximum absolute atomic E-state index is 10.5. The first-order valence-corrected chi connectivity index (χ1v) is 8.47. The van der Waals surface area contributed by atoms with Gasteiger partial charge in [-0.25, -0.2) is 0 Å². The molecule has 0 fully saturated rings. The Bertz CT molecular complexity index is 320. The summed E-state index contributed by atoms with van der Waals surface area (Å²) in [6.45, 7) is 6.62. The smallest absolute Gasteiger partial charge is 0.250 e. The molecule has 0 atom stereocenters. The fourth-order valence-corrected chi connectivity index (χ4v) is 4.40. The van der Waals surface area contributed by atoms with Crippen molar-refractivity contribution >= 4 is 14.6 Å². The molecule has 1 aromatic rings. The lowest BCUT2D eigenvalue weighted by atomic mass is 10.2. The summed E-state index contributed by atoms with van der Waals surface area (Å²) < 4.78 is 6.17. The maximum Gasteiger partial charge on any atom is 0.250 e. The lowest BCUT2D eigenvalue weighted by Gasteiger charge is -2.28. The third-order valence-electron chi connectivity index (χ3n) is 3.28. The number of benzene rings is 1. The molecule has 0 unspecified atom stereocenters. The molecule has 0 bridgehead atoms. The molecular weight excluding hydrogens is 216 g/mol. The van der Waals surface area contributed by atoms with Crippen LogP contribution in [-0.2, 0) is 0 Å². The van der Waals surface area contributed by atoms with Crippen molar-refractivity contribution in [3.8, 4) is 5.75 Å². The zero-order valence-corrected chi connectivity index (χ0v) is 11.3. The van der Waals surface area contributed by atoms with E-state index in [0.29, 0.717) is 5.56 Å². The Hall–Kier alpha value is -1.09. The Morgan fingerprint density at radius 3 is 1.94 bits per heavy atom. The predicted octanol–water partition coefficient (Wildman–Crippen LogP) is 3.88. The lowest BCUT2D eigenvalue weighted by Crippen LogP contribution is -2.39. The first-order valence-electron chi connectivity index (χ1n) is 5.94. The summed E-state index contributed by atoms with van der Waals surface area (Å²) in [5, 5.41) is 0. The van der Waals surface area contributed by atoms with Gasteiger partial charge in [0, 0.05) is 5.56 Å². The number of aldehydes is 1. The Labute approximate surface area is 98.8 Å². The van der Waals surface area contributed by atoms with Crippen molar-refractivity contribution in [1.29, 1.82) is 0 Å². The first kappa shape index (κ1) is 13.0. The second kappa shape index (κ2) is 5.85. The van der Waals surface area contributed by atoms with Crippen LogP contribution in [0.25, 0.3) is 0 Å². The van der Waals surface area contributed by atoms with Crippen LogP contribution in [0.4, 0.5) is 0 Å². The van der Waals surface area contributed by atoms with Gasteiger partial charge in [-0.2, -0.15) is 0 Å². The quantitative estimate of drug-likeness (QED) is 0.553. The fourth-order valence-electron chi connectivity index (χ4n) is 1.83. The van der Waals surface area contributed by atoms with Crippen LogP contribution in [0.15, 0.2) is 24.3 Å². The van der Waals surface area contributed by atoms with Crippen molar-refractivity contribution < 1.29 is 9.22 Å². The number of carbonyl (C=O) groups is 1. The van der Waals surface area contributed by atoms with E-state index in [0.717, 1.165) is 30.2 Å². The third kappa shape index (κ3) is 2.95. The molecule has 0 saturated carbocycles. The molecule has 0 aliphatic rings. The highest BCUT2D eigenvalue weighted by Crippen LogP contribution is 2.25. The van der Waals surface area contributed by atoms with Gasteiger partial charge in [-0.1, -0.05) is 20.8 Å². The van der Waals surface area contributed by atoms with Gasteiger partial charge in [0.1, 0.15) is 12.0 Å². The van der Waals surface area contributed by atoms with E-state index in [1.54, 1.807) is 0 Å². The molecular formula is C13H20O2Si. The molecule has 0 saturated heterocycles. The van der Waals surface area contributed by atoms with E-state index in [-0.39, 0.29) is 0 Å². The molecule has 2 nitrogen and oxygen atoms in total. The van der Waals surface area contributed by atoms with Crippen LogP contribution in [0.2, 0.25) is 18.1 Å². The summed E-state index contributed by atoms with van der Waals surface area (Å²) >= 11 is 0. The molecule has 1 aromatic carbocycles. The highest BCUT2D eigenvalue weighted by molar-refractivity contribution is 6.74. The van der Waals surface area contributed by atoms with Gasteiger partial charge in [0.15, 0.2) is 0 Å². The van der Waals surface area contributed by atoms with Gasteiger partial charge in [-0.05, 0) is 42.4 Å². The molecule has 1 rings (SSSR count). The number of rotatable bonds is 6. The number of hydrogen-bond donors (Lipinski definition) is 0. The van der Waals surface area contributed by atoms with Crippen molar-refractivity contribution in [3.63, 3.8) is 0 Å². The predicted molar refractivity (Wildman–Crippen MR) is 69.7 cm³/mol. The zero-order chi connectivity index (χ0) is 12.0. The molecule has 3 heteroatoms. The van der Waals surface area contributed by atoms with Crippen molar-refractivity contribution in [2.75, 3.05) is 0 Å². The van der Waals surface area contributed by atoms with E-state index in [1.165, 1.54) is 0 Å². The van der Waals surface area contributed by atoms with Crippen LogP contribution < -0.4 is 4.43 Å². The van der Waals surface area contributed by atoms with E-state index in [2.05, 4.69) is 20.8 Å². The van der Waals surface area contributed by atoms with Crippen LogP contribution in [0, 0.1) is 0 Å². The van der Waals surface area contributed by atoms with Gasteiger partial charge in [0.05, 0.1) is 0 Å². The Kier molecular flexibility index (Phi) is 4.74. The van der Waals surface area contributed by atoms with Gasteiger partial charge < -0.3 is 4.43 Å². The fraction of sp³-hybridized carbons (Fsp3) is 0.462. The summed E-state index contributed by atoms with van der Waals surface area (Å²) in [4.78, 5) is 10.5. The van der Waals surface area contributed by atoms with Crippen LogP contribution >= 0.6 is 0 Å². The van der Waals surface area contributed by atoms with Crippen molar-refractivity contribution in [1.82, 2.24) is 0 Å². The number of hydrogen-bond acceptors (Lipinski definition) is 2. The Morgan fingerprint density at radius 1 is 1.06 bits per heavy atom. The molecule has 16 heavy (non-hydrogen) atoms. The lowest BCUT2D eigenvalue weighted by molar-refractivity contribution is 0.112. The summed E-state index contributed by atoms with van der Waals surface area (Å²) in [5.74, 6) is 0.905. The molecule has 0 aliphatic heterocycles. The average molecular weight is 236 g/mol. The molecule has 0 heterocycles. The van der Waals surface area contributed by atoms with Crippen LogP contribution in [0.3, 0.4) is 0 Å². The highest BCUT2D eigenvalue weighted by atomic mass is 28.4. The highest BCUT2D eigenvalue weighted by Gasteiger charge is 2.30. The van der Waals surface area contributed by atoms with Crippen LogP contribution in [0.1, 0.15) is 31.1 Å². The minimum absolute atomic E-state index is 0.698. The topological polar surface area (TPSA) is 26.3 Å². The van der Waals surface area contributed by atoms with E-state index in [1.807, 2.05) is 24.3 Å². The first-order chi connectivity index (χ1) is 7.69. The Balaban J connectivity index is 2.81. The Morgan fingerprint density at radius 2 is 1.56 bits per heavy atom. The van der Waals surface area contributed by atoms with E-state index in [9.17, 15) is 4.79 Å². The molecule has 0 radical (unpaired) electrons. The zero-order valence-electron chi connectivity index (χ0n) is 10.3. The largest absolute Gasteiger partial charge is 0.544 e. The summed E-state index contributed by atoms with van der Waals surface area (Å²) in [7, 11) is -1.57.